The van der Waals surface area contributed by atoms with Gasteiger partial charge in [-0.25, -0.2) is 4.98 Å². The molecule has 0 radical (unpaired) electrons. The molecule has 148 valence electrons. The highest BCUT2D eigenvalue weighted by atomic mass is 16.4. The maximum absolute atomic E-state index is 11.9. The van der Waals surface area contributed by atoms with Crippen LogP contribution in [0.3, 0.4) is 0 Å². The topological polar surface area (TPSA) is 196 Å². The number of carbonyl (C=O) groups excluding carboxylic acids is 4. The molecule has 0 saturated carbocycles. The predicted octanol–water partition coefficient (Wildman–Crippen LogP) is -2.94. The lowest BCUT2D eigenvalue weighted by Gasteiger charge is -2.18. The molecule has 1 rings (SSSR count). The minimum Gasteiger partial charge on any atom is -0.481 e. The van der Waals surface area contributed by atoms with Gasteiger partial charge >= 0.3 is 5.97 Å². The fourth-order valence-electron chi connectivity index (χ4n) is 2.07. The average molecular weight is 382 g/mol. The number of carboxylic acid groups (broad SMARTS) is 1. The Morgan fingerprint density at radius 2 is 2.00 bits per heavy atom. The normalized spacial score (nSPS) is 12.5. The molecule has 0 aliphatic carbocycles. The van der Waals surface area contributed by atoms with Crippen LogP contribution in [0.2, 0.25) is 0 Å². The second-order valence-electron chi connectivity index (χ2n) is 5.57. The first-order valence-corrected chi connectivity index (χ1v) is 8.06. The van der Waals surface area contributed by atoms with Crippen molar-refractivity contribution in [3.63, 3.8) is 0 Å². The third kappa shape index (κ3) is 8.58. The summed E-state index contributed by atoms with van der Waals surface area (Å²) < 4.78 is 0. The zero-order chi connectivity index (χ0) is 20.2. The third-order valence-electron chi connectivity index (χ3n) is 3.41. The standard InChI is InChI=1S/C15H22N6O6/c16-10(5-9-6-17-8-20-9)14(26)19-7-12(23)21-11(1-2-13(24)25)15(27)18-3-4-22/h4,6,8,10-11H,1-3,5,7,16H2,(H,17,20)(H,18,27)(H,19,26)(H,21,23)(H,24,25)/t10-,11-/m0/s1. The molecule has 0 spiro atoms. The van der Waals surface area contributed by atoms with Crippen molar-refractivity contribution in [1.29, 1.82) is 0 Å². The molecule has 27 heavy (non-hydrogen) atoms. The molecule has 0 bridgehead atoms. The van der Waals surface area contributed by atoms with Crippen molar-refractivity contribution in [2.45, 2.75) is 31.3 Å². The molecular formula is C15H22N6O6. The molecule has 0 fully saturated rings. The number of nitrogens with two attached hydrogens (primary N) is 1. The fraction of sp³-hybridized carbons (Fsp3) is 0.467. The quantitative estimate of drug-likeness (QED) is 0.206. The van der Waals surface area contributed by atoms with Gasteiger partial charge in [0.15, 0.2) is 0 Å². The Morgan fingerprint density at radius 1 is 1.26 bits per heavy atom. The van der Waals surface area contributed by atoms with Crippen LogP contribution in [0.25, 0.3) is 0 Å². The summed E-state index contributed by atoms with van der Waals surface area (Å²) in [5.74, 6) is -3.12. The zero-order valence-corrected chi connectivity index (χ0v) is 14.4. The number of aliphatic carboxylic acids is 1. The minimum absolute atomic E-state index is 0.168. The molecule has 0 aromatic carbocycles. The maximum Gasteiger partial charge on any atom is 0.303 e. The molecule has 1 heterocycles. The molecule has 0 saturated heterocycles. The first-order chi connectivity index (χ1) is 12.8. The predicted molar refractivity (Wildman–Crippen MR) is 91.2 cm³/mol. The smallest absolute Gasteiger partial charge is 0.303 e. The Labute approximate surface area is 154 Å². The number of hydrogen-bond acceptors (Lipinski definition) is 7. The van der Waals surface area contributed by atoms with E-state index in [1.54, 1.807) is 0 Å². The molecular weight excluding hydrogens is 360 g/mol. The van der Waals surface area contributed by atoms with E-state index >= 15 is 0 Å². The van der Waals surface area contributed by atoms with Gasteiger partial charge in [-0.2, -0.15) is 0 Å². The zero-order valence-electron chi connectivity index (χ0n) is 14.4. The van der Waals surface area contributed by atoms with Gasteiger partial charge in [0, 0.05) is 24.7 Å². The number of aldehydes is 1. The first kappa shape index (κ1) is 21.8. The molecule has 12 heteroatoms. The number of carbonyl (C=O) groups is 5. The monoisotopic (exact) mass is 382 g/mol. The van der Waals surface area contributed by atoms with Gasteiger partial charge in [0.05, 0.1) is 25.5 Å². The maximum atomic E-state index is 11.9. The van der Waals surface area contributed by atoms with Gasteiger partial charge in [0.25, 0.3) is 0 Å². The number of carboxylic acids is 1. The highest BCUT2D eigenvalue weighted by Gasteiger charge is 2.22. The van der Waals surface area contributed by atoms with Gasteiger partial charge < -0.3 is 36.6 Å². The van der Waals surface area contributed by atoms with Gasteiger partial charge in [0.1, 0.15) is 12.3 Å². The number of amides is 3. The van der Waals surface area contributed by atoms with Crippen LogP contribution in [-0.2, 0) is 30.4 Å². The number of imidazole rings is 1. The van der Waals surface area contributed by atoms with Crippen molar-refractivity contribution < 1.29 is 29.1 Å². The van der Waals surface area contributed by atoms with Crippen LogP contribution in [0.15, 0.2) is 12.5 Å². The van der Waals surface area contributed by atoms with E-state index in [4.69, 9.17) is 10.8 Å². The molecule has 7 N–H and O–H groups in total. The summed E-state index contributed by atoms with van der Waals surface area (Å²) in [6.45, 7) is -0.711. The Balaban J connectivity index is 2.48. The van der Waals surface area contributed by atoms with Crippen LogP contribution >= 0.6 is 0 Å². The van der Waals surface area contributed by atoms with Crippen molar-refractivity contribution in [1.82, 2.24) is 25.9 Å². The number of aromatic amines is 1. The van der Waals surface area contributed by atoms with E-state index in [0.29, 0.717) is 12.0 Å². The van der Waals surface area contributed by atoms with Gasteiger partial charge in [-0.1, -0.05) is 0 Å². The van der Waals surface area contributed by atoms with Crippen molar-refractivity contribution in [3.8, 4) is 0 Å². The molecule has 3 amide bonds. The molecule has 0 aliphatic rings. The van der Waals surface area contributed by atoms with E-state index in [-0.39, 0.29) is 25.8 Å². The van der Waals surface area contributed by atoms with Crippen LogP contribution in [0.1, 0.15) is 18.5 Å². The number of nitrogens with zero attached hydrogens (tertiary/aromatic N) is 1. The highest BCUT2D eigenvalue weighted by Crippen LogP contribution is 1.99. The fourth-order valence-corrected chi connectivity index (χ4v) is 2.07. The third-order valence-corrected chi connectivity index (χ3v) is 3.41. The molecule has 12 nitrogen and oxygen atoms in total. The average Bonchev–Trinajstić information content (AvgIpc) is 3.13. The van der Waals surface area contributed by atoms with Crippen LogP contribution in [0.5, 0.6) is 0 Å². The molecule has 1 aromatic rings. The summed E-state index contributed by atoms with van der Waals surface area (Å²) in [5.41, 5.74) is 6.38. The van der Waals surface area contributed by atoms with E-state index in [2.05, 4.69) is 25.9 Å². The molecule has 2 atom stereocenters. The van der Waals surface area contributed by atoms with Crippen LogP contribution in [0.4, 0.5) is 0 Å². The number of nitrogens with one attached hydrogen (secondary N) is 4. The Hall–Kier alpha value is -3.28. The molecule has 0 unspecified atom stereocenters. The lowest BCUT2D eigenvalue weighted by atomic mass is 10.1. The Kier molecular flexibility index (Phi) is 9.15. The second-order valence-corrected chi connectivity index (χ2v) is 5.57. The summed E-state index contributed by atoms with van der Waals surface area (Å²) in [6, 6.07) is -2.05. The second kappa shape index (κ2) is 11.4. The van der Waals surface area contributed by atoms with Crippen molar-refractivity contribution in [2.24, 2.45) is 5.73 Å². The van der Waals surface area contributed by atoms with Crippen LogP contribution in [-0.4, -0.2) is 70.2 Å². The summed E-state index contributed by atoms with van der Waals surface area (Å²) in [6.07, 6.45) is 3.09. The van der Waals surface area contributed by atoms with Gasteiger partial charge in [-0.3, -0.25) is 19.2 Å². The highest BCUT2D eigenvalue weighted by molar-refractivity contribution is 5.91. The van der Waals surface area contributed by atoms with Crippen molar-refractivity contribution in [2.75, 3.05) is 13.1 Å². The summed E-state index contributed by atoms with van der Waals surface area (Å²) in [4.78, 5) is 63.3. The number of aromatic nitrogens is 2. The largest absolute Gasteiger partial charge is 0.481 e. The molecule has 0 aliphatic heterocycles. The number of rotatable bonds is 12. The van der Waals surface area contributed by atoms with Gasteiger partial charge in [0.2, 0.25) is 17.7 Å². The number of H-pyrrole nitrogens is 1. The minimum atomic E-state index is -1.15. The van der Waals surface area contributed by atoms with E-state index in [9.17, 15) is 24.0 Å². The van der Waals surface area contributed by atoms with Gasteiger partial charge in [-0.05, 0) is 6.42 Å². The molecule has 1 aromatic heterocycles. The SMILES string of the molecule is N[C@@H](Cc1cnc[nH]1)C(=O)NCC(=O)N[C@@H](CCC(=O)O)C(=O)NCC=O. The Morgan fingerprint density at radius 3 is 2.59 bits per heavy atom. The van der Waals surface area contributed by atoms with Gasteiger partial charge in [-0.15, -0.1) is 0 Å². The summed E-state index contributed by atoms with van der Waals surface area (Å²) >= 11 is 0. The van der Waals surface area contributed by atoms with E-state index in [0.717, 1.165) is 0 Å². The van der Waals surface area contributed by atoms with Crippen LogP contribution < -0.4 is 21.7 Å². The van der Waals surface area contributed by atoms with E-state index in [1.165, 1.54) is 12.5 Å². The summed E-state index contributed by atoms with van der Waals surface area (Å²) in [7, 11) is 0. The number of hydrogen-bond donors (Lipinski definition) is 6. The summed E-state index contributed by atoms with van der Waals surface area (Å²) in [5, 5.41) is 15.6. The van der Waals surface area contributed by atoms with E-state index in [1.807, 2.05) is 0 Å². The first-order valence-electron chi connectivity index (χ1n) is 8.06. The lowest BCUT2D eigenvalue weighted by molar-refractivity contribution is -0.138. The van der Waals surface area contributed by atoms with Crippen molar-refractivity contribution >= 4 is 30.0 Å². The lowest BCUT2D eigenvalue weighted by Crippen LogP contribution is -2.51. The van der Waals surface area contributed by atoms with Crippen molar-refractivity contribution in [3.05, 3.63) is 18.2 Å². The van der Waals surface area contributed by atoms with E-state index < -0.39 is 42.3 Å². The Bertz CT molecular complexity index is 662. The van der Waals surface area contributed by atoms with Crippen LogP contribution in [0, 0.1) is 0 Å².